The largest absolute Gasteiger partial charge is 0.351 e. The molecule has 0 radical (unpaired) electrons. The van der Waals surface area contributed by atoms with Gasteiger partial charge in [-0.15, -0.1) is 11.3 Å². The van der Waals surface area contributed by atoms with E-state index in [1.807, 2.05) is 36.4 Å². The van der Waals surface area contributed by atoms with Gasteiger partial charge in [-0.05, 0) is 54.0 Å². The fourth-order valence-corrected chi connectivity index (χ4v) is 6.29. The molecule has 0 saturated heterocycles. The molecule has 0 spiro atoms. The lowest BCUT2D eigenvalue weighted by Crippen LogP contribution is -2.49. The number of nitrogens with one attached hydrogen (secondary N) is 1. The van der Waals surface area contributed by atoms with Gasteiger partial charge in [0.2, 0.25) is 11.8 Å². The maximum atomic E-state index is 13.5. The van der Waals surface area contributed by atoms with E-state index in [-0.39, 0.29) is 17.9 Å². The Morgan fingerprint density at radius 1 is 1.10 bits per heavy atom. The number of hydrogen-bond donors (Lipinski definition) is 1. The van der Waals surface area contributed by atoms with E-state index in [9.17, 15) is 9.59 Å². The van der Waals surface area contributed by atoms with Crippen LogP contribution in [-0.4, -0.2) is 29.3 Å². The number of carbonyl (C=O) groups excluding carboxylic acids is 2. The summed E-state index contributed by atoms with van der Waals surface area (Å²) in [7, 11) is 0. The quantitative estimate of drug-likeness (QED) is 0.572. The summed E-state index contributed by atoms with van der Waals surface area (Å²) in [6, 6.07) is 15.5. The van der Waals surface area contributed by atoms with Gasteiger partial charge in [-0.25, -0.2) is 0 Å². The first-order chi connectivity index (χ1) is 15.1. The molecular weight excluding hydrogens is 428 g/mol. The molecule has 0 bridgehead atoms. The van der Waals surface area contributed by atoms with Crippen molar-refractivity contribution < 1.29 is 9.59 Å². The predicted molar refractivity (Wildman–Crippen MR) is 126 cm³/mol. The lowest BCUT2D eigenvalue weighted by Gasteiger charge is -2.35. The Hall–Kier alpha value is -2.37. The first-order valence-corrected chi connectivity index (χ1v) is 12.1. The Bertz CT molecular complexity index is 1120. The SMILES string of the molecule is O=C(NC1CCCC1)[C@H]1c2sc3ccccc3c2CC(=O)N1CCc1ccc(Cl)cc1. The lowest BCUT2D eigenvalue weighted by molar-refractivity contribution is -0.141. The summed E-state index contributed by atoms with van der Waals surface area (Å²) in [6.45, 7) is 0.511. The third-order valence-electron chi connectivity index (χ3n) is 6.44. The molecule has 2 heterocycles. The molecule has 1 N–H and O–H groups in total. The molecule has 6 heteroatoms. The van der Waals surface area contributed by atoms with E-state index >= 15 is 0 Å². The van der Waals surface area contributed by atoms with Crippen LogP contribution in [0.5, 0.6) is 0 Å². The Morgan fingerprint density at radius 2 is 1.84 bits per heavy atom. The molecule has 0 unspecified atom stereocenters. The van der Waals surface area contributed by atoms with E-state index in [4.69, 9.17) is 11.6 Å². The zero-order valence-corrected chi connectivity index (χ0v) is 18.8. The monoisotopic (exact) mass is 452 g/mol. The van der Waals surface area contributed by atoms with Crippen LogP contribution in [0.2, 0.25) is 5.02 Å². The number of thiophene rings is 1. The van der Waals surface area contributed by atoms with Gasteiger partial charge in [-0.1, -0.05) is 54.8 Å². The summed E-state index contributed by atoms with van der Waals surface area (Å²) >= 11 is 7.66. The molecule has 2 aliphatic rings. The number of benzene rings is 2. The van der Waals surface area contributed by atoms with Crippen molar-refractivity contribution in [2.45, 2.75) is 50.6 Å². The van der Waals surface area contributed by atoms with Crippen LogP contribution in [0.25, 0.3) is 10.1 Å². The van der Waals surface area contributed by atoms with Crippen LogP contribution in [0.4, 0.5) is 0 Å². The van der Waals surface area contributed by atoms with Crippen molar-refractivity contribution in [3.8, 4) is 0 Å². The zero-order chi connectivity index (χ0) is 21.4. The summed E-state index contributed by atoms with van der Waals surface area (Å²) in [5.41, 5.74) is 2.13. The summed E-state index contributed by atoms with van der Waals surface area (Å²) in [5, 5.41) is 5.05. The molecule has 4 nitrogen and oxygen atoms in total. The van der Waals surface area contributed by atoms with Crippen LogP contribution in [-0.2, 0) is 22.4 Å². The van der Waals surface area contributed by atoms with E-state index in [0.717, 1.165) is 51.8 Å². The van der Waals surface area contributed by atoms with Gasteiger partial charge in [0.05, 0.1) is 6.42 Å². The van der Waals surface area contributed by atoms with E-state index in [2.05, 4.69) is 17.4 Å². The maximum absolute atomic E-state index is 13.5. The van der Waals surface area contributed by atoms with E-state index in [1.54, 1.807) is 16.2 Å². The van der Waals surface area contributed by atoms with Crippen molar-refractivity contribution >= 4 is 44.8 Å². The van der Waals surface area contributed by atoms with Gasteiger partial charge in [-0.3, -0.25) is 9.59 Å². The first kappa shape index (κ1) is 20.5. The van der Waals surface area contributed by atoms with E-state index in [0.29, 0.717) is 24.4 Å². The molecule has 1 aromatic heterocycles. The van der Waals surface area contributed by atoms with Gasteiger partial charge in [0.25, 0.3) is 0 Å². The standard InChI is InChI=1S/C25H25ClN2O2S/c26-17-11-9-16(10-12-17)13-14-28-22(29)15-20-19-7-3-4-8-21(19)31-24(20)23(28)25(30)27-18-5-1-2-6-18/h3-4,7-12,18,23H,1-2,5-6,13-15H2,(H,27,30)/t23-/m1/s1. The van der Waals surface area contributed by atoms with Gasteiger partial charge in [-0.2, -0.15) is 0 Å². The highest BCUT2D eigenvalue weighted by molar-refractivity contribution is 7.19. The second-order valence-corrected chi connectivity index (χ2v) is 9.99. The molecule has 1 atom stereocenters. The number of carbonyl (C=O) groups is 2. The number of nitrogens with zero attached hydrogens (tertiary/aromatic N) is 1. The predicted octanol–water partition coefficient (Wildman–Crippen LogP) is 5.28. The van der Waals surface area contributed by atoms with Gasteiger partial charge >= 0.3 is 0 Å². The fourth-order valence-electron chi connectivity index (χ4n) is 4.82. The Balaban J connectivity index is 1.47. The van der Waals surface area contributed by atoms with Crippen LogP contribution in [0, 0.1) is 0 Å². The van der Waals surface area contributed by atoms with Crippen LogP contribution >= 0.6 is 22.9 Å². The molecule has 160 valence electrons. The molecule has 1 saturated carbocycles. The third-order valence-corrected chi connectivity index (χ3v) is 7.96. The highest BCUT2D eigenvalue weighted by atomic mass is 35.5. The van der Waals surface area contributed by atoms with Crippen LogP contribution in [0.15, 0.2) is 48.5 Å². The fraction of sp³-hybridized carbons (Fsp3) is 0.360. The zero-order valence-electron chi connectivity index (χ0n) is 17.3. The maximum Gasteiger partial charge on any atom is 0.248 e. The molecule has 1 fully saturated rings. The molecule has 3 aromatic rings. The third kappa shape index (κ3) is 4.09. The van der Waals surface area contributed by atoms with Crippen molar-refractivity contribution in [2.75, 3.05) is 6.54 Å². The number of rotatable bonds is 5. The van der Waals surface area contributed by atoms with Crippen LogP contribution in [0.1, 0.15) is 47.7 Å². The topological polar surface area (TPSA) is 49.4 Å². The smallest absolute Gasteiger partial charge is 0.248 e. The number of halogens is 1. The Morgan fingerprint density at radius 3 is 2.61 bits per heavy atom. The molecular formula is C25H25ClN2O2S. The summed E-state index contributed by atoms with van der Waals surface area (Å²) in [4.78, 5) is 29.6. The highest BCUT2D eigenvalue weighted by Gasteiger charge is 2.40. The molecule has 1 aliphatic heterocycles. The minimum absolute atomic E-state index is 0.0246. The average Bonchev–Trinajstić information content (AvgIpc) is 3.40. The van der Waals surface area contributed by atoms with E-state index < -0.39 is 6.04 Å². The van der Waals surface area contributed by atoms with Crippen LogP contribution in [0.3, 0.4) is 0 Å². The minimum Gasteiger partial charge on any atom is -0.351 e. The Labute approximate surface area is 191 Å². The molecule has 2 amide bonds. The van der Waals surface area contributed by atoms with E-state index in [1.165, 1.54) is 0 Å². The number of amides is 2. The van der Waals surface area contributed by atoms with Crippen molar-refractivity contribution in [3.63, 3.8) is 0 Å². The summed E-state index contributed by atoms with van der Waals surface area (Å²) in [5.74, 6) is -0.0135. The highest BCUT2D eigenvalue weighted by Crippen LogP contribution is 2.41. The normalized spacial score (nSPS) is 19.1. The average molecular weight is 453 g/mol. The minimum atomic E-state index is -0.554. The number of fused-ring (bicyclic) bond motifs is 3. The van der Waals surface area contributed by atoms with Gasteiger partial charge in [0.1, 0.15) is 6.04 Å². The van der Waals surface area contributed by atoms with Crippen LogP contribution < -0.4 is 5.32 Å². The molecule has 2 aromatic carbocycles. The second-order valence-electron chi connectivity index (χ2n) is 8.47. The molecule has 5 rings (SSSR count). The Kier molecular flexibility index (Phi) is 5.72. The van der Waals surface area contributed by atoms with Crippen molar-refractivity contribution in [1.29, 1.82) is 0 Å². The second kappa shape index (κ2) is 8.64. The molecule has 1 aliphatic carbocycles. The summed E-state index contributed by atoms with van der Waals surface area (Å²) in [6.07, 6.45) is 5.41. The van der Waals surface area contributed by atoms with Crippen molar-refractivity contribution in [2.24, 2.45) is 0 Å². The van der Waals surface area contributed by atoms with Gasteiger partial charge in [0.15, 0.2) is 0 Å². The van der Waals surface area contributed by atoms with Gasteiger partial charge in [0, 0.05) is 27.2 Å². The van der Waals surface area contributed by atoms with Crippen molar-refractivity contribution in [3.05, 3.63) is 69.6 Å². The summed E-state index contributed by atoms with van der Waals surface area (Å²) < 4.78 is 1.14. The van der Waals surface area contributed by atoms with Crippen molar-refractivity contribution in [1.82, 2.24) is 10.2 Å². The lowest BCUT2D eigenvalue weighted by atomic mass is 9.96. The molecule has 31 heavy (non-hydrogen) atoms. The number of hydrogen-bond acceptors (Lipinski definition) is 3. The first-order valence-electron chi connectivity index (χ1n) is 10.9. The van der Waals surface area contributed by atoms with Gasteiger partial charge < -0.3 is 10.2 Å².